The van der Waals surface area contributed by atoms with Crippen LogP contribution in [0.25, 0.3) is 0 Å². The molecule has 82 valence electrons. The van der Waals surface area contributed by atoms with E-state index in [0.717, 1.165) is 29.1 Å². The summed E-state index contributed by atoms with van der Waals surface area (Å²) in [5.74, 6) is 0.838. The van der Waals surface area contributed by atoms with Crippen LogP contribution in [0.4, 0.5) is 5.95 Å². The first kappa shape index (κ1) is 11.3. The molecule has 2 heterocycles. The van der Waals surface area contributed by atoms with Crippen LogP contribution in [-0.4, -0.2) is 27.4 Å². The van der Waals surface area contributed by atoms with Gasteiger partial charge in [0.05, 0.1) is 10.2 Å². The molecule has 1 aliphatic heterocycles. The summed E-state index contributed by atoms with van der Waals surface area (Å²) in [6.45, 7) is 5.19. The van der Waals surface area contributed by atoms with Gasteiger partial charge in [-0.05, 0) is 36.2 Å². The average Bonchev–Trinajstić information content (AvgIpc) is 2.50. The maximum atomic E-state index is 4.49. The molecule has 1 fully saturated rings. The van der Waals surface area contributed by atoms with Crippen molar-refractivity contribution in [3.05, 3.63) is 16.4 Å². The molecule has 1 aromatic rings. The Hall–Kier alpha value is -0.160. The second kappa shape index (κ2) is 4.37. The minimum absolute atomic E-state index is 0.509. The summed E-state index contributed by atoms with van der Waals surface area (Å²) in [6.07, 6.45) is 2.98. The normalized spacial score (nSPS) is 26.0. The Kier molecular flexibility index (Phi) is 3.30. The molecule has 2 unspecified atom stereocenters. The van der Waals surface area contributed by atoms with Gasteiger partial charge in [0, 0.05) is 23.6 Å². The third-order valence-corrected chi connectivity index (χ3v) is 4.13. The Bertz CT molecular complexity index is 370. The van der Waals surface area contributed by atoms with E-state index in [1.807, 2.05) is 13.1 Å². The predicted molar refractivity (Wildman–Crippen MR) is 68.6 cm³/mol. The van der Waals surface area contributed by atoms with Crippen molar-refractivity contribution < 1.29 is 0 Å². The number of nitrogens with zero attached hydrogens (tertiary/aromatic N) is 3. The number of alkyl halides is 1. The van der Waals surface area contributed by atoms with Crippen LogP contribution in [0.3, 0.4) is 0 Å². The van der Waals surface area contributed by atoms with Crippen molar-refractivity contribution in [2.24, 2.45) is 0 Å². The first-order chi connectivity index (χ1) is 7.08. The first-order valence-electron chi connectivity index (χ1n) is 4.98. The Morgan fingerprint density at radius 1 is 1.53 bits per heavy atom. The van der Waals surface area contributed by atoms with Crippen LogP contribution in [0.2, 0.25) is 0 Å². The highest BCUT2D eigenvalue weighted by Crippen LogP contribution is 2.27. The van der Waals surface area contributed by atoms with Gasteiger partial charge in [0.25, 0.3) is 0 Å². The number of aromatic nitrogens is 2. The molecule has 0 N–H and O–H groups in total. The van der Waals surface area contributed by atoms with Gasteiger partial charge in [0.2, 0.25) is 5.95 Å². The van der Waals surface area contributed by atoms with Gasteiger partial charge < -0.3 is 4.90 Å². The summed E-state index contributed by atoms with van der Waals surface area (Å²) in [4.78, 5) is 11.6. The Labute approximate surface area is 107 Å². The SMILES string of the molecule is Cc1nc(N2CC(Br)CC2C)ncc1Br. The minimum atomic E-state index is 0.509. The van der Waals surface area contributed by atoms with E-state index in [1.54, 1.807) is 0 Å². The highest BCUT2D eigenvalue weighted by Gasteiger charge is 2.29. The fraction of sp³-hybridized carbons (Fsp3) is 0.600. The molecule has 0 aromatic carbocycles. The second-order valence-electron chi connectivity index (χ2n) is 3.94. The molecule has 3 nitrogen and oxygen atoms in total. The van der Waals surface area contributed by atoms with E-state index in [2.05, 4.69) is 53.7 Å². The molecule has 0 saturated carbocycles. The van der Waals surface area contributed by atoms with Gasteiger partial charge in [-0.1, -0.05) is 15.9 Å². The third-order valence-electron chi connectivity index (χ3n) is 2.69. The number of hydrogen-bond acceptors (Lipinski definition) is 3. The predicted octanol–water partition coefficient (Wildman–Crippen LogP) is 2.91. The molecular weight excluding hydrogens is 322 g/mol. The maximum absolute atomic E-state index is 4.49. The van der Waals surface area contributed by atoms with Crippen molar-refractivity contribution in [2.45, 2.75) is 31.1 Å². The average molecular weight is 335 g/mol. The quantitative estimate of drug-likeness (QED) is 0.739. The smallest absolute Gasteiger partial charge is 0.225 e. The Morgan fingerprint density at radius 2 is 2.27 bits per heavy atom. The molecule has 1 aromatic heterocycles. The minimum Gasteiger partial charge on any atom is -0.337 e. The highest BCUT2D eigenvalue weighted by atomic mass is 79.9. The number of halogens is 2. The summed E-state index contributed by atoms with van der Waals surface area (Å²) >= 11 is 7.06. The number of anilines is 1. The summed E-state index contributed by atoms with van der Waals surface area (Å²) in [5.41, 5.74) is 0.991. The van der Waals surface area contributed by atoms with Crippen LogP contribution in [-0.2, 0) is 0 Å². The lowest BCUT2D eigenvalue weighted by Gasteiger charge is -2.21. The molecular formula is C10H13Br2N3. The van der Waals surface area contributed by atoms with E-state index in [1.165, 1.54) is 0 Å². The summed E-state index contributed by atoms with van der Waals surface area (Å²) in [6, 6.07) is 0.509. The monoisotopic (exact) mass is 333 g/mol. The summed E-state index contributed by atoms with van der Waals surface area (Å²) in [7, 11) is 0. The summed E-state index contributed by atoms with van der Waals surface area (Å²) in [5, 5.41) is 0. The second-order valence-corrected chi connectivity index (χ2v) is 6.09. The Balaban J connectivity index is 2.26. The highest BCUT2D eigenvalue weighted by molar-refractivity contribution is 9.10. The van der Waals surface area contributed by atoms with Crippen molar-refractivity contribution in [3.8, 4) is 0 Å². The van der Waals surface area contributed by atoms with E-state index in [9.17, 15) is 0 Å². The van der Waals surface area contributed by atoms with Gasteiger partial charge in [-0.15, -0.1) is 0 Å². The van der Waals surface area contributed by atoms with Crippen LogP contribution in [0, 0.1) is 6.92 Å². The standard InChI is InChI=1S/C10H13Br2N3/c1-6-3-8(11)5-15(6)10-13-4-9(12)7(2)14-10/h4,6,8H,3,5H2,1-2H3. The fourth-order valence-electron chi connectivity index (χ4n) is 1.82. The molecule has 0 bridgehead atoms. The Morgan fingerprint density at radius 3 is 2.80 bits per heavy atom. The molecule has 0 amide bonds. The zero-order chi connectivity index (χ0) is 11.0. The van der Waals surface area contributed by atoms with Crippen LogP contribution in [0.1, 0.15) is 19.0 Å². The third kappa shape index (κ3) is 2.33. The molecule has 1 aliphatic rings. The molecule has 0 spiro atoms. The maximum Gasteiger partial charge on any atom is 0.225 e. The van der Waals surface area contributed by atoms with E-state index in [0.29, 0.717) is 10.9 Å². The van der Waals surface area contributed by atoms with Crippen molar-refractivity contribution in [3.63, 3.8) is 0 Å². The van der Waals surface area contributed by atoms with Gasteiger partial charge in [-0.2, -0.15) is 0 Å². The van der Waals surface area contributed by atoms with E-state index < -0.39 is 0 Å². The molecule has 15 heavy (non-hydrogen) atoms. The van der Waals surface area contributed by atoms with Crippen LogP contribution in [0.15, 0.2) is 10.7 Å². The first-order valence-corrected chi connectivity index (χ1v) is 6.68. The van der Waals surface area contributed by atoms with E-state index in [4.69, 9.17) is 0 Å². The van der Waals surface area contributed by atoms with Gasteiger partial charge in [-0.3, -0.25) is 0 Å². The van der Waals surface area contributed by atoms with Crippen molar-refractivity contribution in [2.75, 3.05) is 11.4 Å². The lowest BCUT2D eigenvalue weighted by atomic mass is 10.2. The van der Waals surface area contributed by atoms with E-state index in [-0.39, 0.29) is 0 Å². The van der Waals surface area contributed by atoms with Gasteiger partial charge in [0.15, 0.2) is 0 Å². The molecule has 2 rings (SSSR count). The largest absolute Gasteiger partial charge is 0.337 e. The molecule has 0 radical (unpaired) electrons. The lowest BCUT2D eigenvalue weighted by molar-refractivity contribution is 0.717. The molecule has 1 saturated heterocycles. The van der Waals surface area contributed by atoms with Crippen LogP contribution in [0.5, 0.6) is 0 Å². The zero-order valence-corrected chi connectivity index (χ0v) is 11.9. The van der Waals surface area contributed by atoms with Crippen molar-refractivity contribution in [1.29, 1.82) is 0 Å². The molecule has 2 atom stereocenters. The number of rotatable bonds is 1. The lowest BCUT2D eigenvalue weighted by Crippen LogP contribution is -2.28. The van der Waals surface area contributed by atoms with Crippen molar-refractivity contribution in [1.82, 2.24) is 9.97 Å². The molecule has 0 aliphatic carbocycles. The zero-order valence-electron chi connectivity index (χ0n) is 8.74. The summed E-state index contributed by atoms with van der Waals surface area (Å²) < 4.78 is 0.966. The number of hydrogen-bond donors (Lipinski definition) is 0. The van der Waals surface area contributed by atoms with Crippen molar-refractivity contribution >= 4 is 37.8 Å². The van der Waals surface area contributed by atoms with Crippen LogP contribution >= 0.6 is 31.9 Å². The molecule has 5 heteroatoms. The topological polar surface area (TPSA) is 29.0 Å². The van der Waals surface area contributed by atoms with Gasteiger partial charge in [-0.25, -0.2) is 9.97 Å². The van der Waals surface area contributed by atoms with Crippen LogP contribution < -0.4 is 4.90 Å². The van der Waals surface area contributed by atoms with E-state index >= 15 is 0 Å². The van der Waals surface area contributed by atoms with Gasteiger partial charge in [0.1, 0.15) is 0 Å². The van der Waals surface area contributed by atoms with Gasteiger partial charge >= 0.3 is 0 Å². The number of aryl methyl sites for hydroxylation is 1. The fourth-order valence-corrected chi connectivity index (χ4v) is 2.87.